The lowest BCUT2D eigenvalue weighted by Gasteiger charge is -2.19. The van der Waals surface area contributed by atoms with Gasteiger partial charge in [0.15, 0.2) is 4.21 Å². The van der Waals surface area contributed by atoms with E-state index < -0.39 is 22.0 Å². The van der Waals surface area contributed by atoms with Crippen molar-refractivity contribution in [2.24, 2.45) is 0 Å². The van der Waals surface area contributed by atoms with Crippen molar-refractivity contribution in [2.45, 2.75) is 30.0 Å². The van der Waals surface area contributed by atoms with Gasteiger partial charge in [0.2, 0.25) is 0 Å². The van der Waals surface area contributed by atoms with Crippen molar-refractivity contribution in [1.29, 1.82) is 0 Å². The van der Waals surface area contributed by atoms with Crippen LogP contribution in [0.25, 0.3) is 0 Å². The van der Waals surface area contributed by atoms with Crippen LogP contribution < -0.4 is 0 Å². The minimum atomic E-state index is -3.70. The molecule has 0 unspecified atom stereocenters. The van der Waals surface area contributed by atoms with E-state index in [0.29, 0.717) is 17.8 Å². The summed E-state index contributed by atoms with van der Waals surface area (Å²) in [7, 11) is -3.70. The standard InChI is InChI=1S/C9H12N2O4S2/c1-6-10-5-8(16-6)17(14,15)11-4-2-3-7(11)9(12)13/h5,7H,2-4H2,1H3,(H,12,13)/t7-/m1/s1. The molecule has 0 spiro atoms. The van der Waals surface area contributed by atoms with Crippen LogP contribution in [-0.2, 0) is 14.8 Å². The van der Waals surface area contributed by atoms with E-state index in [9.17, 15) is 13.2 Å². The Hall–Kier alpha value is -0.990. The Morgan fingerprint density at radius 1 is 1.65 bits per heavy atom. The maximum Gasteiger partial charge on any atom is 0.322 e. The topological polar surface area (TPSA) is 87.6 Å². The molecule has 1 aromatic heterocycles. The van der Waals surface area contributed by atoms with Crippen molar-refractivity contribution >= 4 is 27.3 Å². The third-order valence-corrected chi connectivity index (χ3v) is 5.91. The average molecular weight is 276 g/mol. The number of nitrogens with zero attached hydrogens (tertiary/aromatic N) is 2. The van der Waals surface area contributed by atoms with E-state index in [2.05, 4.69) is 4.98 Å². The first-order valence-corrected chi connectivity index (χ1v) is 7.35. The second-order valence-electron chi connectivity index (χ2n) is 3.81. The highest BCUT2D eigenvalue weighted by atomic mass is 32.2. The molecule has 1 N–H and O–H groups in total. The Kier molecular flexibility index (Phi) is 3.19. The van der Waals surface area contributed by atoms with Gasteiger partial charge in [-0.2, -0.15) is 4.31 Å². The van der Waals surface area contributed by atoms with Crippen LogP contribution in [0.5, 0.6) is 0 Å². The molecule has 1 fully saturated rings. The SMILES string of the molecule is Cc1ncc(S(=O)(=O)N2CCC[C@@H]2C(=O)O)s1. The van der Waals surface area contributed by atoms with Gasteiger partial charge in [-0.1, -0.05) is 0 Å². The summed E-state index contributed by atoms with van der Waals surface area (Å²) >= 11 is 1.06. The Balaban J connectivity index is 2.36. The number of sulfonamides is 1. The van der Waals surface area contributed by atoms with Crippen molar-refractivity contribution in [3.8, 4) is 0 Å². The van der Waals surface area contributed by atoms with Gasteiger partial charge >= 0.3 is 5.97 Å². The number of aliphatic carboxylic acids is 1. The molecular weight excluding hydrogens is 264 g/mol. The molecule has 1 aromatic rings. The maximum atomic E-state index is 12.2. The first-order valence-electron chi connectivity index (χ1n) is 5.10. The van der Waals surface area contributed by atoms with Crippen LogP contribution in [0.4, 0.5) is 0 Å². The highest BCUT2D eigenvalue weighted by molar-refractivity contribution is 7.91. The van der Waals surface area contributed by atoms with E-state index in [0.717, 1.165) is 15.6 Å². The second kappa shape index (κ2) is 4.35. The fourth-order valence-electron chi connectivity index (χ4n) is 1.85. The summed E-state index contributed by atoms with van der Waals surface area (Å²) in [5, 5.41) is 9.63. The minimum absolute atomic E-state index is 0.114. The second-order valence-corrected chi connectivity index (χ2v) is 7.16. The molecule has 0 radical (unpaired) electrons. The van der Waals surface area contributed by atoms with Crippen molar-refractivity contribution in [3.63, 3.8) is 0 Å². The third kappa shape index (κ3) is 2.20. The van der Waals surface area contributed by atoms with Gasteiger partial charge < -0.3 is 5.11 Å². The number of carboxylic acid groups (broad SMARTS) is 1. The van der Waals surface area contributed by atoms with E-state index >= 15 is 0 Å². The summed E-state index contributed by atoms with van der Waals surface area (Å²) in [6.07, 6.45) is 2.23. The molecule has 2 heterocycles. The summed E-state index contributed by atoms with van der Waals surface area (Å²) in [5.41, 5.74) is 0. The predicted octanol–water partition coefficient (Wildman–Crippen LogP) is 0.689. The Morgan fingerprint density at radius 3 is 2.88 bits per heavy atom. The molecule has 0 amide bonds. The molecular formula is C9H12N2O4S2. The first kappa shape index (κ1) is 12.5. The van der Waals surface area contributed by atoms with Gasteiger partial charge in [-0.25, -0.2) is 13.4 Å². The Bertz CT molecular complexity index is 537. The van der Waals surface area contributed by atoms with E-state index in [1.807, 2.05) is 0 Å². The number of aromatic nitrogens is 1. The number of carbonyl (C=O) groups is 1. The lowest BCUT2D eigenvalue weighted by Crippen LogP contribution is -2.40. The van der Waals surface area contributed by atoms with E-state index in [1.165, 1.54) is 6.20 Å². The van der Waals surface area contributed by atoms with Crippen LogP contribution >= 0.6 is 11.3 Å². The number of rotatable bonds is 3. The number of aryl methyl sites for hydroxylation is 1. The molecule has 1 aliphatic rings. The molecule has 0 bridgehead atoms. The van der Waals surface area contributed by atoms with E-state index in [1.54, 1.807) is 6.92 Å². The zero-order chi connectivity index (χ0) is 12.6. The molecule has 1 aliphatic heterocycles. The largest absolute Gasteiger partial charge is 0.480 e. The first-order chi connectivity index (χ1) is 7.93. The average Bonchev–Trinajstić information content (AvgIpc) is 2.84. The van der Waals surface area contributed by atoms with Crippen molar-refractivity contribution in [3.05, 3.63) is 11.2 Å². The molecule has 0 saturated carbocycles. The fourth-order valence-corrected chi connectivity index (χ4v) is 4.74. The van der Waals surface area contributed by atoms with Crippen LogP contribution in [0.1, 0.15) is 17.8 Å². The van der Waals surface area contributed by atoms with Crippen molar-refractivity contribution in [2.75, 3.05) is 6.54 Å². The van der Waals surface area contributed by atoms with Gasteiger partial charge in [0.25, 0.3) is 10.0 Å². The molecule has 6 nitrogen and oxygen atoms in total. The van der Waals surface area contributed by atoms with Gasteiger partial charge in [0.05, 0.1) is 11.2 Å². The molecule has 1 saturated heterocycles. The quantitative estimate of drug-likeness (QED) is 0.877. The molecule has 94 valence electrons. The Morgan fingerprint density at radius 2 is 2.35 bits per heavy atom. The van der Waals surface area contributed by atoms with Gasteiger partial charge in [-0.15, -0.1) is 11.3 Å². The lowest BCUT2D eigenvalue weighted by molar-refractivity contribution is -0.140. The summed E-state index contributed by atoms with van der Waals surface area (Å²) in [6.45, 7) is 1.97. The van der Waals surface area contributed by atoms with Gasteiger partial charge in [-0.3, -0.25) is 4.79 Å². The van der Waals surface area contributed by atoms with Gasteiger partial charge in [0.1, 0.15) is 6.04 Å². The summed E-state index contributed by atoms with van der Waals surface area (Å²) in [4.78, 5) is 14.9. The summed E-state index contributed by atoms with van der Waals surface area (Å²) < 4.78 is 25.6. The van der Waals surface area contributed by atoms with E-state index in [-0.39, 0.29) is 10.8 Å². The molecule has 2 rings (SSSR count). The number of hydrogen-bond donors (Lipinski definition) is 1. The van der Waals surface area contributed by atoms with Crippen LogP contribution in [0.3, 0.4) is 0 Å². The predicted molar refractivity (Wildman–Crippen MR) is 61.4 cm³/mol. The number of carboxylic acids is 1. The van der Waals surface area contributed by atoms with Crippen LogP contribution in [0.2, 0.25) is 0 Å². The molecule has 1 atom stereocenters. The highest BCUT2D eigenvalue weighted by Gasteiger charge is 2.40. The molecule has 17 heavy (non-hydrogen) atoms. The lowest BCUT2D eigenvalue weighted by atomic mass is 10.2. The van der Waals surface area contributed by atoms with Crippen LogP contribution in [-0.4, -0.2) is 41.4 Å². The summed E-state index contributed by atoms with van der Waals surface area (Å²) in [5.74, 6) is -1.09. The molecule has 0 aliphatic carbocycles. The van der Waals surface area contributed by atoms with E-state index in [4.69, 9.17) is 5.11 Å². The molecule has 8 heteroatoms. The maximum absolute atomic E-state index is 12.2. The number of hydrogen-bond acceptors (Lipinski definition) is 5. The third-order valence-electron chi connectivity index (χ3n) is 2.65. The smallest absolute Gasteiger partial charge is 0.322 e. The Labute approximate surface area is 103 Å². The monoisotopic (exact) mass is 276 g/mol. The van der Waals surface area contributed by atoms with Gasteiger partial charge in [-0.05, 0) is 19.8 Å². The molecule has 0 aromatic carbocycles. The van der Waals surface area contributed by atoms with Gasteiger partial charge in [0, 0.05) is 6.54 Å². The fraction of sp³-hybridized carbons (Fsp3) is 0.556. The number of thiazole rings is 1. The summed E-state index contributed by atoms with van der Waals surface area (Å²) in [6, 6.07) is -0.942. The van der Waals surface area contributed by atoms with Crippen molar-refractivity contribution in [1.82, 2.24) is 9.29 Å². The zero-order valence-electron chi connectivity index (χ0n) is 9.16. The highest BCUT2D eigenvalue weighted by Crippen LogP contribution is 2.28. The zero-order valence-corrected chi connectivity index (χ0v) is 10.8. The van der Waals surface area contributed by atoms with Crippen LogP contribution in [0, 0.1) is 6.92 Å². The minimum Gasteiger partial charge on any atom is -0.480 e. The van der Waals surface area contributed by atoms with Crippen LogP contribution in [0.15, 0.2) is 10.4 Å². The van der Waals surface area contributed by atoms with Crippen molar-refractivity contribution < 1.29 is 18.3 Å². The normalized spacial score (nSPS) is 21.8.